The zero-order chi connectivity index (χ0) is 24.1. The maximum Gasteiger partial charge on any atom is 0.0337 e. The molecule has 0 fully saturated rings. The molecule has 0 aromatic heterocycles. The first-order valence-corrected chi connectivity index (χ1v) is 11.6. The molecule has 3 aromatic carbocycles. The average molecular weight is 422 g/mol. The molecule has 0 aliphatic heterocycles. The molecular weight excluding hydrogens is 374 g/mol. The van der Waals surface area contributed by atoms with Crippen molar-refractivity contribution in [1.82, 2.24) is 0 Å². The predicted octanol–water partition coefficient (Wildman–Crippen LogP) is 9.80. The van der Waals surface area contributed by atoms with Crippen LogP contribution in [0.5, 0.6) is 0 Å². The lowest BCUT2D eigenvalue weighted by molar-refractivity contribution is 0.341. The summed E-state index contributed by atoms with van der Waals surface area (Å²) in [6.07, 6.45) is 0. The number of hydrogen-bond acceptors (Lipinski definition) is 1. The summed E-state index contributed by atoms with van der Waals surface area (Å²) in [6.45, 7) is 22.0. The van der Waals surface area contributed by atoms with Gasteiger partial charge in [0.05, 0.1) is 0 Å². The van der Waals surface area contributed by atoms with Crippen molar-refractivity contribution in [2.45, 2.75) is 75.2 Å². The molecule has 3 aromatic rings. The van der Waals surface area contributed by atoms with E-state index in [1.165, 1.54) is 16.3 Å². The Kier molecular flexibility index (Phi) is 12.9. The number of benzene rings is 3. The molecule has 1 atom stereocenters. The van der Waals surface area contributed by atoms with Crippen molar-refractivity contribution in [2.75, 3.05) is 12.4 Å². The Morgan fingerprint density at radius 2 is 1.10 bits per heavy atom. The summed E-state index contributed by atoms with van der Waals surface area (Å²) in [5, 5.41) is 5.77. The molecule has 0 aliphatic carbocycles. The van der Waals surface area contributed by atoms with Crippen LogP contribution in [0, 0.1) is 10.8 Å². The first-order valence-electron chi connectivity index (χ1n) is 11.6. The summed E-state index contributed by atoms with van der Waals surface area (Å²) in [7, 11) is 1.91. The van der Waals surface area contributed by atoms with Gasteiger partial charge in [0.2, 0.25) is 0 Å². The van der Waals surface area contributed by atoms with E-state index < -0.39 is 0 Å². The van der Waals surface area contributed by atoms with Crippen molar-refractivity contribution in [3.8, 4) is 0 Å². The summed E-state index contributed by atoms with van der Waals surface area (Å²) >= 11 is 0. The molecule has 0 radical (unpaired) electrons. The zero-order valence-electron chi connectivity index (χ0n) is 22.0. The van der Waals surface area contributed by atoms with Crippen LogP contribution in [-0.4, -0.2) is 7.05 Å². The molecule has 172 valence electrons. The minimum atomic E-state index is 0.310. The van der Waals surface area contributed by atoms with Gasteiger partial charge >= 0.3 is 0 Å². The lowest BCUT2D eigenvalue weighted by atomic mass is 9.76. The number of fused-ring (bicyclic) bond motifs is 1. The summed E-state index contributed by atoms with van der Waals surface area (Å²) < 4.78 is 0. The fraction of sp³-hybridized carbons (Fsp3) is 0.467. The van der Waals surface area contributed by atoms with Crippen LogP contribution in [0.3, 0.4) is 0 Å². The average Bonchev–Trinajstić information content (AvgIpc) is 2.73. The van der Waals surface area contributed by atoms with Crippen LogP contribution in [-0.2, 0) is 0 Å². The van der Waals surface area contributed by atoms with Gasteiger partial charge < -0.3 is 5.32 Å². The lowest BCUT2D eigenvalue weighted by Gasteiger charge is -2.28. The van der Waals surface area contributed by atoms with E-state index in [0.717, 1.165) is 5.69 Å². The number of nitrogens with one attached hydrogen (secondary N) is 1. The van der Waals surface area contributed by atoms with Crippen LogP contribution < -0.4 is 5.32 Å². The van der Waals surface area contributed by atoms with Gasteiger partial charge in [0.15, 0.2) is 0 Å². The Balaban J connectivity index is 0.000000501. The summed E-state index contributed by atoms with van der Waals surface area (Å²) in [5.41, 5.74) is 3.43. The minimum Gasteiger partial charge on any atom is -0.388 e. The van der Waals surface area contributed by atoms with Crippen LogP contribution in [0.2, 0.25) is 0 Å². The second-order valence-corrected chi connectivity index (χ2v) is 10.3. The van der Waals surface area contributed by atoms with Gasteiger partial charge in [0, 0.05) is 12.7 Å². The molecule has 1 nitrogen and oxygen atoms in total. The van der Waals surface area contributed by atoms with Crippen molar-refractivity contribution >= 4 is 16.5 Å². The molecule has 0 saturated carbocycles. The zero-order valence-corrected chi connectivity index (χ0v) is 22.0. The highest BCUT2D eigenvalue weighted by Crippen LogP contribution is 2.37. The quantitative estimate of drug-likeness (QED) is 0.434. The van der Waals surface area contributed by atoms with Crippen molar-refractivity contribution in [3.63, 3.8) is 0 Å². The third-order valence-electron chi connectivity index (χ3n) is 4.65. The van der Waals surface area contributed by atoms with E-state index in [4.69, 9.17) is 0 Å². The largest absolute Gasteiger partial charge is 0.388 e. The molecule has 0 aliphatic rings. The Hall–Kier alpha value is -2.28. The van der Waals surface area contributed by atoms with E-state index in [-0.39, 0.29) is 0 Å². The SMILES string of the molecule is CC.CC(C)(C)C.CC(c1cccc2ccccc12)C(C)(C)C.CNc1ccccc1. The number of para-hydroxylation sites is 1. The van der Waals surface area contributed by atoms with Gasteiger partial charge in [-0.15, -0.1) is 0 Å². The molecule has 0 heterocycles. The number of anilines is 1. The first kappa shape index (κ1) is 28.7. The van der Waals surface area contributed by atoms with E-state index in [0.29, 0.717) is 16.7 Å². The lowest BCUT2D eigenvalue weighted by Crippen LogP contribution is -2.15. The molecule has 3 rings (SSSR count). The second kappa shape index (κ2) is 13.9. The predicted molar refractivity (Wildman–Crippen MR) is 144 cm³/mol. The molecule has 0 saturated heterocycles. The molecule has 1 heteroatoms. The van der Waals surface area contributed by atoms with E-state index in [2.05, 4.69) is 103 Å². The van der Waals surface area contributed by atoms with Gasteiger partial charge in [-0.3, -0.25) is 0 Å². The molecule has 1 unspecified atom stereocenters. The fourth-order valence-corrected chi connectivity index (χ4v) is 2.70. The van der Waals surface area contributed by atoms with E-state index in [1.807, 2.05) is 51.2 Å². The van der Waals surface area contributed by atoms with Crippen molar-refractivity contribution in [2.24, 2.45) is 10.8 Å². The molecule has 0 spiro atoms. The van der Waals surface area contributed by atoms with Gasteiger partial charge in [-0.05, 0) is 45.2 Å². The monoisotopic (exact) mass is 421 g/mol. The highest BCUT2D eigenvalue weighted by molar-refractivity contribution is 5.86. The molecule has 31 heavy (non-hydrogen) atoms. The van der Waals surface area contributed by atoms with Gasteiger partial charge in [-0.1, -0.05) is 130 Å². The van der Waals surface area contributed by atoms with E-state index in [9.17, 15) is 0 Å². The van der Waals surface area contributed by atoms with Gasteiger partial charge in [0.25, 0.3) is 0 Å². The maximum atomic E-state index is 3.03. The van der Waals surface area contributed by atoms with E-state index >= 15 is 0 Å². The highest BCUT2D eigenvalue weighted by Gasteiger charge is 2.22. The Morgan fingerprint density at radius 3 is 1.55 bits per heavy atom. The number of hydrogen-bond donors (Lipinski definition) is 1. The van der Waals surface area contributed by atoms with Crippen LogP contribution in [0.15, 0.2) is 72.8 Å². The Bertz CT molecular complexity index is 824. The standard InChI is InChI=1S/C16H20.C7H9N.C5H12.C2H6/c1-12(16(2,3)4)14-11-7-9-13-8-5-6-10-15(13)14;1-8-7-5-3-2-4-6-7;1-5(2,3)4;1-2/h5-12H,1-4H3;2-6,8H,1H3;1-4H3;1-2H3. The third kappa shape index (κ3) is 12.2. The van der Waals surface area contributed by atoms with Crippen LogP contribution in [0.25, 0.3) is 10.8 Å². The maximum absolute atomic E-state index is 3.03. The van der Waals surface area contributed by atoms with Crippen LogP contribution in [0.4, 0.5) is 5.69 Å². The molecule has 1 N–H and O–H groups in total. The number of rotatable bonds is 2. The van der Waals surface area contributed by atoms with Gasteiger partial charge in [-0.25, -0.2) is 0 Å². The fourth-order valence-electron chi connectivity index (χ4n) is 2.70. The van der Waals surface area contributed by atoms with Gasteiger partial charge in [0.1, 0.15) is 0 Å². The minimum absolute atomic E-state index is 0.310. The molecular formula is C30H47N. The second-order valence-electron chi connectivity index (χ2n) is 10.3. The summed E-state index contributed by atoms with van der Waals surface area (Å²) in [4.78, 5) is 0. The first-order chi connectivity index (χ1) is 14.4. The normalized spacial score (nSPS) is 11.6. The highest BCUT2D eigenvalue weighted by atomic mass is 14.8. The summed E-state index contributed by atoms with van der Waals surface area (Å²) in [6, 6.07) is 25.3. The van der Waals surface area contributed by atoms with Crippen LogP contribution >= 0.6 is 0 Å². The molecule has 0 amide bonds. The van der Waals surface area contributed by atoms with Crippen LogP contribution in [0.1, 0.15) is 80.7 Å². The Morgan fingerprint density at radius 1 is 0.645 bits per heavy atom. The third-order valence-corrected chi connectivity index (χ3v) is 4.65. The van der Waals surface area contributed by atoms with Crippen molar-refractivity contribution in [3.05, 3.63) is 78.4 Å². The topological polar surface area (TPSA) is 12.0 Å². The van der Waals surface area contributed by atoms with Crippen molar-refractivity contribution in [1.29, 1.82) is 0 Å². The molecule has 0 bridgehead atoms. The van der Waals surface area contributed by atoms with E-state index in [1.54, 1.807) is 0 Å². The summed E-state index contributed by atoms with van der Waals surface area (Å²) in [5.74, 6) is 0.568. The smallest absolute Gasteiger partial charge is 0.0337 e. The van der Waals surface area contributed by atoms with Gasteiger partial charge in [-0.2, -0.15) is 0 Å². The Labute approximate surface area is 193 Å². The van der Waals surface area contributed by atoms with Crippen molar-refractivity contribution < 1.29 is 0 Å².